The molecule has 178 valence electrons. The predicted molar refractivity (Wildman–Crippen MR) is 139 cm³/mol. The van der Waals surface area contributed by atoms with Gasteiger partial charge in [-0.05, 0) is 48.7 Å². The Morgan fingerprint density at radius 1 is 0.912 bits per heavy atom. The number of anilines is 2. The summed E-state index contributed by atoms with van der Waals surface area (Å²) in [7, 11) is 0. The smallest absolute Gasteiger partial charge is 0.225 e. The molecule has 0 bridgehead atoms. The fourth-order valence-electron chi connectivity index (χ4n) is 4.66. The maximum Gasteiger partial charge on any atom is 0.225 e. The van der Waals surface area contributed by atoms with Gasteiger partial charge in [-0.15, -0.1) is 0 Å². The van der Waals surface area contributed by atoms with Crippen molar-refractivity contribution in [2.24, 2.45) is 5.92 Å². The van der Waals surface area contributed by atoms with E-state index in [1.54, 1.807) is 0 Å². The van der Waals surface area contributed by atoms with Gasteiger partial charge in [0.05, 0.1) is 0 Å². The van der Waals surface area contributed by atoms with Crippen LogP contribution in [0.15, 0.2) is 48.5 Å². The third-order valence-corrected chi connectivity index (χ3v) is 7.91. The summed E-state index contributed by atoms with van der Waals surface area (Å²) in [6.07, 6.45) is 2.42. The maximum atomic E-state index is 13.2. The molecule has 9 heteroatoms. The SMILES string of the molecule is O=C(C1CCN(c2nc(Cc3ccc(Cl)cc3)ns2)CC1)N1CCN(c2cccc(Cl)c2)CC1. The van der Waals surface area contributed by atoms with Gasteiger partial charge in [0, 0.05) is 78.9 Å². The van der Waals surface area contributed by atoms with Gasteiger partial charge in [-0.3, -0.25) is 4.79 Å². The Morgan fingerprint density at radius 2 is 1.65 bits per heavy atom. The van der Waals surface area contributed by atoms with E-state index in [0.29, 0.717) is 12.3 Å². The van der Waals surface area contributed by atoms with E-state index in [4.69, 9.17) is 28.2 Å². The monoisotopic (exact) mass is 515 g/mol. The highest BCUT2D eigenvalue weighted by Gasteiger charge is 2.31. The Morgan fingerprint density at radius 3 is 2.35 bits per heavy atom. The van der Waals surface area contributed by atoms with Crippen LogP contribution < -0.4 is 9.80 Å². The normalized spacial score (nSPS) is 17.3. The fraction of sp³-hybridized carbons (Fsp3) is 0.400. The van der Waals surface area contributed by atoms with E-state index in [1.807, 2.05) is 47.4 Å². The molecule has 0 N–H and O–H groups in total. The zero-order valence-electron chi connectivity index (χ0n) is 18.9. The van der Waals surface area contributed by atoms with Crippen molar-refractivity contribution in [3.8, 4) is 0 Å². The molecule has 1 aromatic heterocycles. The van der Waals surface area contributed by atoms with Gasteiger partial charge in [0.25, 0.3) is 0 Å². The van der Waals surface area contributed by atoms with Crippen molar-refractivity contribution in [1.82, 2.24) is 14.3 Å². The number of aromatic nitrogens is 2. The predicted octanol–water partition coefficient (Wildman–Crippen LogP) is 5.00. The first-order valence-corrected chi connectivity index (χ1v) is 13.2. The topological polar surface area (TPSA) is 52.6 Å². The van der Waals surface area contributed by atoms with Crippen LogP contribution in [0, 0.1) is 5.92 Å². The number of nitrogens with zero attached hydrogens (tertiary/aromatic N) is 5. The lowest BCUT2D eigenvalue weighted by atomic mass is 9.95. The Labute approximate surface area is 214 Å². The van der Waals surface area contributed by atoms with Gasteiger partial charge in [0.1, 0.15) is 5.82 Å². The standard InChI is InChI=1S/C25H27Cl2N5OS/c26-20-6-4-18(5-7-20)16-23-28-25(34-29-23)32-10-8-19(9-11-32)24(33)31-14-12-30(13-15-31)22-3-1-2-21(27)17-22/h1-7,17,19H,8-16H2. The van der Waals surface area contributed by atoms with Crippen LogP contribution in [0.25, 0.3) is 0 Å². The minimum atomic E-state index is 0.0930. The number of piperidine rings is 1. The van der Waals surface area contributed by atoms with E-state index in [1.165, 1.54) is 11.5 Å². The Kier molecular flexibility index (Phi) is 7.23. The third kappa shape index (κ3) is 5.48. The molecule has 0 saturated carbocycles. The third-order valence-electron chi connectivity index (χ3n) is 6.61. The van der Waals surface area contributed by atoms with E-state index in [9.17, 15) is 4.79 Å². The highest BCUT2D eigenvalue weighted by atomic mass is 35.5. The Hall–Kier alpha value is -2.35. The highest BCUT2D eigenvalue weighted by molar-refractivity contribution is 7.09. The summed E-state index contributed by atoms with van der Waals surface area (Å²) in [5.41, 5.74) is 2.27. The van der Waals surface area contributed by atoms with Gasteiger partial charge in [-0.1, -0.05) is 41.4 Å². The largest absolute Gasteiger partial charge is 0.368 e. The maximum absolute atomic E-state index is 13.2. The molecule has 1 amide bonds. The molecule has 0 spiro atoms. The summed E-state index contributed by atoms with van der Waals surface area (Å²) in [5.74, 6) is 1.22. The summed E-state index contributed by atoms with van der Waals surface area (Å²) < 4.78 is 4.54. The molecule has 6 nitrogen and oxygen atoms in total. The van der Waals surface area contributed by atoms with Crippen molar-refractivity contribution >= 4 is 51.5 Å². The van der Waals surface area contributed by atoms with Gasteiger partial charge < -0.3 is 14.7 Å². The van der Waals surface area contributed by atoms with Crippen molar-refractivity contribution in [1.29, 1.82) is 0 Å². The fourth-order valence-corrected chi connectivity index (χ4v) is 5.71. The van der Waals surface area contributed by atoms with Crippen LogP contribution in [0.2, 0.25) is 10.0 Å². The van der Waals surface area contributed by atoms with Crippen molar-refractivity contribution in [3.05, 3.63) is 70.0 Å². The molecule has 2 aromatic carbocycles. The average molecular weight is 516 g/mol. The van der Waals surface area contributed by atoms with Crippen LogP contribution in [0.4, 0.5) is 10.8 Å². The molecule has 3 heterocycles. The van der Waals surface area contributed by atoms with Crippen molar-refractivity contribution in [2.75, 3.05) is 49.1 Å². The van der Waals surface area contributed by atoms with E-state index >= 15 is 0 Å². The zero-order valence-corrected chi connectivity index (χ0v) is 21.2. The average Bonchev–Trinajstić information content (AvgIpc) is 3.34. The Balaban J connectivity index is 1.10. The summed E-state index contributed by atoms with van der Waals surface area (Å²) in [5, 5.41) is 2.43. The van der Waals surface area contributed by atoms with E-state index in [2.05, 4.69) is 20.2 Å². The number of carbonyl (C=O) groups is 1. The number of hydrogen-bond donors (Lipinski definition) is 0. The number of hydrogen-bond acceptors (Lipinski definition) is 6. The quantitative estimate of drug-likeness (QED) is 0.478. The van der Waals surface area contributed by atoms with Gasteiger partial charge in [0.15, 0.2) is 0 Å². The molecular weight excluding hydrogens is 489 g/mol. The zero-order chi connectivity index (χ0) is 23.5. The molecule has 5 rings (SSSR count). The van der Waals surface area contributed by atoms with Crippen LogP contribution in [0.5, 0.6) is 0 Å². The molecule has 2 saturated heterocycles. The first kappa shape index (κ1) is 23.4. The van der Waals surface area contributed by atoms with Crippen LogP contribution in [-0.2, 0) is 11.2 Å². The number of halogens is 2. The van der Waals surface area contributed by atoms with E-state index < -0.39 is 0 Å². The second-order valence-corrected chi connectivity index (χ2v) is 10.5. The first-order valence-electron chi connectivity index (χ1n) is 11.7. The summed E-state index contributed by atoms with van der Waals surface area (Å²) >= 11 is 13.6. The van der Waals surface area contributed by atoms with Crippen LogP contribution in [0.1, 0.15) is 24.2 Å². The minimum absolute atomic E-state index is 0.0930. The molecule has 2 aliphatic rings. The molecule has 0 aliphatic carbocycles. The summed E-state index contributed by atoms with van der Waals surface area (Å²) in [4.78, 5) is 24.5. The van der Waals surface area contributed by atoms with Crippen molar-refractivity contribution < 1.29 is 4.79 Å². The molecule has 0 unspecified atom stereocenters. The number of rotatable bonds is 5. The lowest BCUT2D eigenvalue weighted by Gasteiger charge is -2.39. The van der Waals surface area contributed by atoms with Crippen LogP contribution in [0.3, 0.4) is 0 Å². The second kappa shape index (κ2) is 10.5. The van der Waals surface area contributed by atoms with Gasteiger partial charge in [0.2, 0.25) is 11.0 Å². The number of carbonyl (C=O) groups excluding carboxylic acids is 1. The molecule has 34 heavy (non-hydrogen) atoms. The van der Waals surface area contributed by atoms with E-state index in [-0.39, 0.29) is 5.92 Å². The van der Waals surface area contributed by atoms with Crippen LogP contribution in [-0.4, -0.2) is 59.4 Å². The number of amides is 1. The highest BCUT2D eigenvalue weighted by Crippen LogP contribution is 2.27. The minimum Gasteiger partial charge on any atom is -0.368 e. The molecule has 2 aliphatic heterocycles. The van der Waals surface area contributed by atoms with E-state index in [0.717, 1.165) is 84.4 Å². The van der Waals surface area contributed by atoms with Crippen molar-refractivity contribution in [3.63, 3.8) is 0 Å². The lowest BCUT2D eigenvalue weighted by Crippen LogP contribution is -2.51. The van der Waals surface area contributed by atoms with Crippen molar-refractivity contribution in [2.45, 2.75) is 19.3 Å². The van der Waals surface area contributed by atoms with Gasteiger partial charge in [-0.25, -0.2) is 4.98 Å². The van der Waals surface area contributed by atoms with Gasteiger partial charge in [-0.2, -0.15) is 4.37 Å². The molecule has 0 atom stereocenters. The first-order chi connectivity index (χ1) is 16.5. The molecule has 0 radical (unpaired) electrons. The number of benzene rings is 2. The summed E-state index contributed by atoms with van der Waals surface area (Å²) in [6.45, 7) is 4.88. The lowest BCUT2D eigenvalue weighted by molar-refractivity contribution is -0.136. The Bertz CT molecular complexity index is 1120. The van der Waals surface area contributed by atoms with Gasteiger partial charge >= 0.3 is 0 Å². The number of piperazine rings is 1. The molecule has 3 aromatic rings. The second-order valence-electron chi connectivity index (χ2n) is 8.85. The summed E-state index contributed by atoms with van der Waals surface area (Å²) in [6, 6.07) is 15.7. The molecule has 2 fully saturated rings. The van der Waals surface area contributed by atoms with Crippen LogP contribution >= 0.6 is 34.7 Å². The molecular formula is C25H27Cl2N5OS.